The molecule has 4 N–H and O–H groups in total. The van der Waals surface area contributed by atoms with Gasteiger partial charge in [0.15, 0.2) is 5.82 Å². The molecule has 92 valence electrons. The van der Waals surface area contributed by atoms with Crippen molar-refractivity contribution >= 4 is 17.4 Å². The summed E-state index contributed by atoms with van der Waals surface area (Å²) in [6, 6.07) is 5.19. The van der Waals surface area contributed by atoms with Crippen molar-refractivity contribution in [1.82, 2.24) is 9.97 Å². The Morgan fingerprint density at radius 1 is 1.33 bits per heavy atom. The number of amides is 1. The van der Waals surface area contributed by atoms with E-state index in [1.165, 1.54) is 12.4 Å². The first-order valence-corrected chi connectivity index (χ1v) is 5.35. The zero-order valence-electron chi connectivity index (χ0n) is 9.84. The van der Waals surface area contributed by atoms with Gasteiger partial charge >= 0.3 is 0 Å². The highest BCUT2D eigenvalue weighted by molar-refractivity contribution is 6.04. The third kappa shape index (κ3) is 2.61. The number of aromatic nitrogens is 2. The van der Waals surface area contributed by atoms with Crippen LogP contribution >= 0.6 is 0 Å². The zero-order valence-corrected chi connectivity index (χ0v) is 9.84. The maximum Gasteiger partial charge on any atom is 0.256 e. The fraction of sp³-hybridized carbons (Fsp3) is 0.0833. The van der Waals surface area contributed by atoms with Gasteiger partial charge < -0.3 is 10.7 Å². The lowest BCUT2D eigenvalue weighted by molar-refractivity contribution is 0.102. The first kappa shape index (κ1) is 12.0. The van der Waals surface area contributed by atoms with Crippen molar-refractivity contribution in [2.75, 3.05) is 10.7 Å². The molecule has 0 aliphatic rings. The number of nitrogens with zero attached hydrogens (tertiary/aromatic N) is 2. The number of hydrogen-bond acceptors (Lipinski definition) is 5. The molecule has 2 aromatic rings. The Hall–Kier alpha value is -2.47. The highest BCUT2D eigenvalue weighted by Crippen LogP contribution is 2.15. The Bertz CT molecular complexity index is 556. The molecule has 2 rings (SSSR count). The molecule has 0 aliphatic heterocycles. The SMILES string of the molecule is Cc1cc(C(=O)Nc2cnccn2)ccc1NN. The average Bonchev–Trinajstić information content (AvgIpc) is 2.39. The van der Waals surface area contributed by atoms with Crippen molar-refractivity contribution in [2.24, 2.45) is 5.84 Å². The lowest BCUT2D eigenvalue weighted by atomic mass is 10.1. The molecule has 6 heteroatoms. The third-order valence-electron chi connectivity index (χ3n) is 2.45. The van der Waals surface area contributed by atoms with Gasteiger partial charge in [-0.3, -0.25) is 15.6 Å². The number of hydrogen-bond donors (Lipinski definition) is 3. The number of hydrazine groups is 1. The van der Waals surface area contributed by atoms with E-state index in [0.29, 0.717) is 11.4 Å². The van der Waals surface area contributed by atoms with Crippen LogP contribution in [0.25, 0.3) is 0 Å². The van der Waals surface area contributed by atoms with Gasteiger partial charge in [0.25, 0.3) is 5.91 Å². The van der Waals surface area contributed by atoms with E-state index in [0.717, 1.165) is 11.3 Å². The van der Waals surface area contributed by atoms with Gasteiger partial charge in [-0.2, -0.15) is 0 Å². The van der Waals surface area contributed by atoms with Gasteiger partial charge in [0, 0.05) is 18.0 Å². The smallest absolute Gasteiger partial charge is 0.256 e. The molecule has 0 atom stereocenters. The second-order valence-corrected chi connectivity index (χ2v) is 3.72. The lowest BCUT2D eigenvalue weighted by Crippen LogP contribution is -2.14. The van der Waals surface area contributed by atoms with Gasteiger partial charge in [-0.1, -0.05) is 0 Å². The number of benzene rings is 1. The van der Waals surface area contributed by atoms with E-state index in [1.807, 2.05) is 6.92 Å². The van der Waals surface area contributed by atoms with E-state index < -0.39 is 0 Å². The molecule has 1 aromatic carbocycles. The van der Waals surface area contributed by atoms with Crippen LogP contribution in [-0.4, -0.2) is 15.9 Å². The maximum atomic E-state index is 11.9. The van der Waals surface area contributed by atoms with Gasteiger partial charge in [0.1, 0.15) is 0 Å². The number of carbonyl (C=O) groups excluding carboxylic acids is 1. The van der Waals surface area contributed by atoms with Gasteiger partial charge in [-0.25, -0.2) is 4.98 Å². The fourth-order valence-corrected chi connectivity index (χ4v) is 1.52. The first-order valence-electron chi connectivity index (χ1n) is 5.35. The Labute approximate surface area is 104 Å². The average molecular weight is 243 g/mol. The Morgan fingerprint density at radius 2 is 2.17 bits per heavy atom. The van der Waals surface area contributed by atoms with Crippen LogP contribution in [0.5, 0.6) is 0 Å². The van der Waals surface area contributed by atoms with E-state index in [4.69, 9.17) is 5.84 Å². The normalized spacial score (nSPS) is 9.89. The number of nitrogens with two attached hydrogens (primary N) is 1. The first-order chi connectivity index (χ1) is 8.70. The highest BCUT2D eigenvalue weighted by atomic mass is 16.1. The van der Waals surface area contributed by atoms with Gasteiger partial charge in [0.05, 0.1) is 11.9 Å². The number of nitrogen functional groups attached to an aromatic ring is 1. The molecule has 0 fully saturated rings. The monoisotopic (exact) mass is 243 g/mol. The molecule has 0 saturated heterocycles. The van der Waals surface area contributed by atoms with Crippen molar-refractivity contribution in [3.8, 4) is 0 Å². The minimum atomic E-state index is -0.234. The molecule has 0 spiro atoms. The summed E-state index contributed by atoms with van der Waals surface area (Å²) in [6.07, 6.45) is 4.55. The van der Waals surface area contributed by atoms with Crippen molar-refractivity contribution in [3.05, 3.63) is 47.9 Å². The number of rotatable bonds is 3. The van der Waals surface area contributed by atoms with Crippen molar-refractivity contribution in [1.29, 1.82) is 0 Å². The van der Waals surface area contributed by atoms with Gasteiger partial charge in [-0.05, 0) is 30.7 Å². The van der Waals surface area contributed by atoms with Crippen molar-refractivity contribution < 1.29 is 4.79 Å². The summed E-state index contributed by atoms with van der Waals surface area (Å²) in [6.45, 7) is 1.87. The molecule has 0 saturated carbocycles. The lowest BCUT2D eigenvalue weighted by Gasteiger charge is -2.08. The molecular weight excluding hydrogens is 230 g/mol. The van der Waals surface area contributed by atoms with E-state index >= 15 is 0 Å². The second-order valence-electron chi connectivity index (χ2n) is 3.72. The topological polar surface area (TPSA) is 92.9 Å². The summed E-state index contributed by atoms with van der Waals surface area (Å²) in [5.41, 5.74) is 4.77. The number of carbonyl (C=O) groups is 1. The fourth-order valence-electron chi connectivity index (χ4n) is 1.52. The molecule has 0 aliphatic carbocycles. The quantitative estimate of drug-likeness (QED) is 0.558. The van der Waals surface area contributed by atoms with Crippen LogP contribution in [-0.2, 0) is 0 Å². The molecule has 1 aromatic heterocycles. The second kappa shape index (κ2) is 5.24. The van der Waals surface area contributed by atoms with Gasteiger partial charge in [0.2, 0.25) is 0 Å². The standard InChI is InChI=1S/C12H13N5O/c1-8-6-9(2-3-10(8)17-13)12(18)16-11-7-14-4-5-15-11/h2-7,17H,13H2,1H3,(H,15,16,18). The van der Waals surface area contributed by atoms with Crippen LogP contribution in [0.4, 0.5) is 11.5 Å². The molecule has 6 nitrogen and oxygen atoms in total. The molecule has 0 unspecified atom stereocenters. The van der Waals surface area contributed by atoms with Crippen LogP contribution in [0.15, 0.2) is 36.8 Å². The molecule has 0 bridgehead atoms. The summed E-state index contributed by atoms with van der Waals surface area (Å²) in [7, 11) is 0. The minimum absolute atomic E-state index is 0.234. The molecule has 0 radical (unpaired) electrons. The maximum absolute atomic E-state index is 11.9. The number of anilines is 2. The van der Waals surface area contributed by atoms with E-state index in [2.05, 4.69) is 20.7 Å². The Balaban J connectivity index is 2.17. The molecule has 18 heavy (non-hydrogen) atoms. The van der Waals surface area contributed by atoms with Crippen LogP contribution < -0.4 is 16.6 Å². The van der Waals surface area contributed by atoms with E-state index in [9.17, 15) is 4.79 Å². The van der Waals surface area contributed by atoms with Gasteiger partial charge in [-0.15, -0.1) is 0 Å². The van der Waals surface area contributed by atoms with E-state index in [-0.39, 0.29) is 5.91 Å². The van der Waals surface area contributed by atoms with Crippen LogP contribution in [0.3, 0.4) is 0 Å². The Kier molecular flexibility index (Phi) is 3.49. The predicted octanol–water partition coefficient (Wildman–Crippen LogP) is 1.32. The largest absolute Gasteiger partial charge is 0.324 e. The predicted molar refractivity (Wildman–Crippen MR) is 69.0 cm³/mol. The number of aryl methyl sites for hydroxylation is 1. The van der Waals surface area contributed by atoms with Crippen LogP contribution in [0.2, 0.25) is 0 Å². The zero-order chi connectivity index (χ0) is 13.0. The highest BCUT2D eigenvalue weighted by Gasteiger charge is 2.08. The summed E-state index contributed by atoms with van der Waals surface area (Å²) < 4.78 is 0. The van der Waals surface area contributed by atoms with Crippen LogP contribution in [0, 0.1) is 6.92 Å². The molecule has 1 amide bonds. The van der Waals surface area contributed by atoms with Crippen LogP contribution in [0.1, 0.15) is 15.9 Å². The summed E-state index contributed by atoms with van der Waals surface area (Å²) in [4.78, 5) is 19.8. The third-order valence-corrected chi connectivity index (χ3v) is 2.45. The summed E-state index contributed by atoms with van der Waals surface area (Å²) in [5.74, 6) is 5.52. The summed E-state index contributed by atoms with van der Waals surface area (Å²) in [5, 5.41) is 2.66. The Morgan fingerprint density at radius 3 is 2.78 bits per heavy atom. The summed E-state index contributed by atoms with van der Waals surface area (Å²) >= 11 is 0. The molecule has 1 heterocycles. The van der Waals surface area contributed by atoms with E-state index in [1.54, 1.807) is 24.4 Å². The van der Waals surface area contributed by atoms with Crippen molar-refractivity contribution in [2.45, 2.75) is 6.92 Å². The minimum Gasteiger partial charge on any atom is -0.324 e. The number of nitrogens with one attached hydrogen (secondary N) is 2. The molecular formula is C12H13N5O. The van der Waals surface area contributed by atoms with Crippen molar-refractivity contribution in [3.63, 3.8) is 0 Å².